The number of phosphoric ester groups is 3. The third-order valence-electron chi connectivity index (χ3n) is 12.9. The predicted octanol–water partition coefficient (Wildman–Crippen LogP) is 15.0. The van der Waals surface area contributed by atoms with Gasteiger partial charge in [-0.3, -0.25) is 40.7 Å². The fraction of sp³-hybridized carbons (Fsp3) is 0.238. The van der Waals surface area contributed by atoms with E-state index in [-0.39, 0.29) is 52.9 Å². The molecule has 0 amide bonds. The van der Waals surface area contributed by atoms with Crippen LogP contribution in [0.25, 0.3) is 0 Å². The van der Waals surface area contributed by atoms with Gasteiger partial charge < -0.3 is 14.2 Å². The molecule has 8 aromatic carbocycles. The molecule has 9 rings (SSSR count). The first kappa shape index (κ1) is 59.6. The summed E-state index contributed by atoms with van der Waals surface area (Å²) in [5, 5.41) is 0. The number of benzene rings is 8. The van der Waals surface area contributed by atoms with E-state index < -0.39 is 60.1 Å². The van der Waals surface area contributed by atoms with Gasteiger partial charge in [0.05, 0.1) is 52.9 Å². The standard InChI is InChI=1S/C63H65O15P3/c1-67-58-59(68-42-50-26-10-2-11-27-50)60(69-43-51-28-12-3-13-29-51)62(77-80(65,72-46-54-34-18-6-19-35-54)73-47-55-36-20-7-21-37-55)63(78-81(66,74-48-56-38-22-8-23-39-56)75-49-57-40-24-9-25-41-57)61(58)76-79(64,70-44-52-30-14-4-15-31-52)71-45-53-32-16-5-17-33-53/h2-41,58-63H,42-49H2,1H3/t58-,59-,60+,61+,62+,63-/m0/s1. The molecule has 0 bridgehead atoms. The molecule has 0 aromatic heterocycles. The van der Waals surface area contributed by atoms with Crippen LogP contribution < -0.4 is 0 Å². The number of hydrogen-bond donors (Lipinski definition) is 0. The molecule has 1 saturated carbocycles. The van der Waals surface area contributed by atoms with Crippen LogP contribution in [0.1, 0.15) is 44.5 Å². The van der Waals surface area contributed by atoms with Crippen LogP contribution in [0.3, 0.4) is 0 Å². The summed E-state index contributed by atoms with van der Waals surface area (Å²) in [5.74, 6) is 0. The second kappa shape index (κ2) is 30.3. The molecular weight excluding hydrogens is 1090 g/mol. The lowest BCUT2D eigenvalue weighted by molar-refractivity contribution is -0.250. The topological polar surface area (TPSA) is 162 Å². The Balaban J connectivity index is 1.22. The Labute approximate surface area is 473 Å². The first-order valence-electron chi connectivity index (χ1n) is 26.4. The molecule has 0 aliphatic heterocycles. The molecule has 6 atom stereocenters. The average molecular weight is 1160 g/mol. The van der Waals surface area contributed by atoms with Crippen LogP contribution in [0.5, 0.6) is 0 Å². The van der Waals surface area contributed by atoms with Crippen molar-refractivity contribution in [3.63, 3.8) is 0 Å². The molecular formula is C63H65O15P3. The fourth-order valence-electron chi connectivity index (χ4n) is 8.77. The van der Waals surface area contributed by atoms with Crippen molar-refractivity contribution in [3.8, 4) is 0 Å². The van der Waals surface area contributed by atoms with Crippen LogP contribution in [0, 0.1) is 0 Å². The van der Waals surface area contributed by atoms with Crippen LogP contribution in [-0.2, 0) is 121 Å². The van der Waals surface area contributed by atoms with Crippen LogP contribution >= 0.6 is 23.5 Å². The van der Waals surface area contributed by atoms with Gasteiger partial charge in [-0.05, 0) is 44.5 Å². The van der Waals surface area contributed by atoms with Crippen molar-refractivity contribution in [2.75, 3.05) is 7.11 Å². The van der Waals surface area contributed by atoms with Crippen molar-refractivity contribution >= 4 is 23.5 Å². The smallest absolute Gasteiger partial charge is 0.376 e. The van der Waals surface area contributed by atoms with Gasteiger partial charge in [-0.15, -0.1) is 0 Å². The summed E-state index contributed by atoms with van der Waals surface area (Å²) in [5.41, 5.74) is 5.33. The molecule has 0 radical (unpaired) electrons. The van der Waals surface area contributed by atoms with Gasteiger partial charge in [0, 0.05) is 7.11 Å². The van der Waals surface area contributed by atoms with Crippen molar-refractivity contribution < 1.29 is 68.6 Å². The number of phosphoric acid groups is 3. The minimum atomic E-state index is -4.96. The SMILES string of the molecule is CO[C@H]1[C@H](OCc2ccccc2)[C@@H](OCc2ccccc2)[C@@H](OP(=O)(OCc2ccccc2)OCc2ccccc2)[C@@H](OP(=O)(OCc2ccccc2)OCc2ccccc2)[C@@H]1OP(=O)(OCc1ccccc1)OCc1ccccc1. The van der Waals surface area contributed by atoms with Crippen LogP contribution in [-0.4, -0.2) is 43.7 Å². The largest absolute Gasteiger partial charge is 0.475 e. The summed E-state index contributed by atoms with van der Waals surface area (Å²) >= 11 is 0. The minimum absolute atomic E-state index is 0.0280. The highest BCUT2D eigenvalue weighted by atomic mass is 31.2. The lowest BCUT2D eigenvalue weighted by Crippen LogP contribution is -2.66. The molecule has 0 spiro atoms. The maximum Gasteiger partial charge on any atom is 0.475 e. The quantitative estimate of drug-likeness (QED) is 0.0377. The molecule has 0 saturated heterocycles. The van der Waals surface area contributed by atoms with Gasteiger partial charge in [-0.2, -0.15) is 0 Å². The molecule has 1 aliphatic carbocycles. The van der Waals surface area contributed by atoms with Crippen molar-refractivity contribution in [1.82, 2.24) is 0 Å². The molecule has 18 heteroatoms. The van der Waals surface area contributed by atoms with Gasteiger partial charge >= 0.3 is 23.5 Å². The molecule has 1 fully saturated rings. The van der Waals surface area contributed by atoms with Gasteiger partial charge in [0.15, 0.2) is 0 Å². The fourth-order valence-corrected chi connectivity index (χ4v) is 12.8. The Morgan fingerprint density at radius 1 is 0.247 bits per heavy atom. The molecule has 0 N–H and O–H groups in total. The van der Waals surface area contributed by atoms with E-state index in [0.717, 1.165) is 11.1 Å². The Bertz CT molecular complexity index is 3070. The van der Waals surface area contributed by atoms with E-state index in [1.165, 1.54) is 7.11 Å². The first-order chi connectivity index (χ1) is 39.6. The molecule has 8 aromatic rings. The van der Waals surface area contributed by atoms with Gasteiger partial charge in [0.2, 0.25) is 0 Å². The third-order valence-corrected chi connectivity index (χ3v) is 17.1. The van der Waals surface area contributed by atoms with E-state index in [9.17, 15) is 0 Å². The highest BCUT2D eigenvalue weighted by Gasteiger charge is 2.61. The Hall–Kier alpha value is -6.03. The molecule has 0 heterocycles. The third kappa shape index (κ3) is 18.2. The summed E-state index contributed by atoms with van der Waals surface area (Å²) in [6.45, 7) is -1.61. The lowest BCUT2D eigenvalue weighted by Gasteiger charge is -2.49. The summed E-state index contributed by atoms with van der Waals surface area (Å²) < 4.78 is 127. The van der Waals surface area contributed by atoms with E-state index in [4.69, 9.17) is 54.9 Å². The minimum Gasteiger partial charge on any atom is -0.376 e. The van der Waals surface area contributed by atoms with Crippen LogP contribution in [0.2, 0.25) is 0 Å². The van der Waals surface area contributed by atoms with E-state index >= 15 is 13.7 Å². The first-order valence-corrected chi connectivity index (χ1v) is 30.8. The van der Waals surface area contributed by atoms with E-state index in [1.807, 2.05) is 170 Å². The van der Waals surface area contributed by atoms with Gasteiger partial charge in [0.1, 0.15) is 36.6 Å². The van der Waals surface area contributed by atoms with Crippen molar-refractivity contribution in [2.24, 2.45) is 0 Å². The number of hydrogen-bond acceptors (Lipinski definition) is 15. The second-order valence-electron chi connectivity index (χ2n) is 18.8. The molecule has 0 unspecified atom stereocenters. The van der Waals surface area contributed by atoms with Gasteiger partial charge in [0.25, 0.3) is 0 Å². The second-order valence-corrected chi connectivity index (χ2v) is 23.7. The Morgan fingerprint density at radius 2 is 0.420 bits per heavy atom. The van der Waals surface area contributed by atoms with E-state index in [1.54, 1.807) is 72.8 Å². The summed E-state index contributed by atoms with van der Waals surface area (Å²) in [6, 6.07) is 73.1. The van der Waals surface area contributed by atoms with Crippen molar-refractivity contribution in [2.45, 2.75) is 89.5 Å². The average Bonchev–Trinajstić information content (AvgIpc) is 3.57. The van der Waals surface area contributed by atoms with Gasteiger partial charge in [-0.25, -0.2) is 13.7 Å². The summed E-state index contributed by atoms with van der Waals surface area (Å²) in [6.07, 6.45) is -9.44. The van der Waals surface area contributed by atoms with Crippen molar-refractivity contribution in [1.29, 1.82) is 0 Å². The van der Waals surface area contributed by atoms with E-state index in [0.29, 0.717) is 33.4 Å². The summed E-state index contributed by atoms with van der Waals surface area (Å²) in [4.78, 5) is 0. The molecule has 422 valence electrons. The highest BCUT2D eigenvalue weighted by Crippen LogP contribution is 2.61. The van der Waals surface area contributed by atoms with Crippen LogP contribution in [0.15, 0.2) is 243 Å². The zero-order chi connectivity index (χ0) is 56.0. The number of rotatable bonds is 31. The monoisotopic (exact) mass is 1150 g/mol. The molecule has 81 heavy (non-hydrogen) atoms. The zero-order valence-electron chi connectivity index (χ0n) is 44.7. The van der Waals surface area contributed by atoms with Crippen LogP contribution in [0.4, 0.5) is 0 Å². The van der Waals surface area contributed by atoms with E-state index in [2.05, 4.69) is 0 Å². The molecule has 1 aliphatic rings. The zero-order valence-corrected chi connectivity index (χ0v) is 47.4. The highest BCUT2D eigenvalue weighted by molar-refractivity contribution is 7.49. The number of methoxy groups -OCH3 is 1. The lowest BCUT2D eigenvalue weighted by atomic mass is 9.84. The maximum absolute atomic E-state index is 16.0. The van der Waals surface area contributed by atoms with Gasteiger partial charge in [-0.1, -0.05) is 243 Å². The Morgan fingerprint density at radius 3 is 0.630 bits per heavy atom. The molecule has 15 nitrogen and oxygen atoms in total. The summed E-state index contributed by atoms with van der Waals surface area (Å²) in [7, 11) is -13.3. The maximum atomic E-state index is 16.0. The normalized spacial score (nSPS) is 18.6. The Kier molecular flexibility index (Phi) is 22.3. The number of ether oxygens (including phenoxy) is 3. The van der Waals surface area contributed by atoms with Crippen molar-refractivity contribution in [3.05, 3.63) is 287 Å². The predicted molar refractivity (Wildman–Crippen MR) is 306 cm³/mol.